The predicted molar refractivity (Wildman–Crippen MR) is 101 cm³/mol. The molecule has 0 fully saturated rings. The Morgan fingerprint density at radius 2 is 2.04 bits per heavy atom. The highest BCUT2D eigenvalue weighted by Crippen LogP contribution is 2.13. The van der Waals surface area contributed by atoms with Gasteiger partial charge in [0.2, 0.25) is 0 Å². The molecule has 0 aliphatic rings. The molecule has 2 heterocycles. The molecule has 25 heavy (non-hydrogen) atoms. The largest absolute Gasteiger partial charge is 0.370 e. The van der Waals surface area contributed by atoms with Gasteiger partial charge < -0.3 is 20.5 Å². The Morgan fingerprint density at radius 1 is 1.20 bits per heavy atom. The van der Waals surface area contributed by atoms with Crippen molar-refractivity contribution >= 4 is 11.8 Å². The summed E-state index contributed by atoms with van der Waals surface area (Å²) in [5.41, 5.74) is 0.972. The molecule has 0 atom stereocenters. The van der Waals surface area contributed by atoms with E-state index in [9.17, 15) is 0 Å². The number of anilines is 1. The van der Waals surface area contributed by atoms with Crippen LogP contribution in [0.15, 0.2) is 40.0 Å². The van der Waals surface area contributed by atoms with Crippen LogP contribution >= 0.6 is 0 Å². The van der Waals surface area contributed by atoms with Crippen molar-refractivity contribution in [3.63, 3.8) is 0 Å². The summed E-state index contributed by atoms with van der Waals surface area (Å²) in [6, 6.07) is 7.84. The van der Waals surface area contributed by atoms with Crippen LogP contribution in [0.4, 0.5) is 5.82 Å². The van der Waals surface area contributed by atoms with Gasteiger partial charge in [0.15, 0.2) is 11.7 Å². The molecule has 0 aliphatic carbocycles. The van der Waals surface area contributed by atoms with Crippen molar-refractivity contribution < 1.29 is 4.52 Å². The second kappa shape index (κ2) is 10.3. The van der Waals surface area contributed by atoms with E-state index in [-0.39, 0.29) is 0 Å². The van der Waals surface area contributed by atoms with Gasteiger partial charge in [0.05, 0.1) is 12.2 Å². The first-order valence-corrected chi connectivity index (χ1v) is 8.74. The summed E-state index contributed by atoms with van der Waals surface area (Å²) < 4.78 is 5.31. The van der Waals surface area contributed by atoms with Crippen LogP contribution in [0.25, 0.3) is 0 Å². The van der Waals surface area contributed by atoms with Crippen molar-refractivity contribution in [2.24, 2.45) is 4.99 Å². The summed E-state index contributed by atoms with van der Waals surface area (Å²) in [5, 5.41) is 13.9. The van der Waals surface area contributed by atoms with Gasteiger partial charge in [-0.25, -0.2) is 4.98 Å². The molecule has 0 amide bonds. The molecule has 0 aromatic carbocycles. The number of nitrogens with one attached hydrogen (secondary N) is 3. The Balaban J connectivity index is 1.58. The Labute approximate surface area is 149 Å². The highest BCUT2D eigenvalue weighted by atomic mass is 16.5. The molecule has 7 nitrogen and oxygen atoms in total. The van der Waals surface area contributed by atoms with E-state index in [0.717, 1.165) is 49.2 Å². The van der Waals surface area contributed by atoms with Crippen LogP contribution < -0.4 is 16.0 Å². The molecule has 0 radical (unpaired) electrons. The molecule has 2 rings (SSSR count). The summed E-state index contributed by atoms with van der Waals surface area (Å²) in [6.07, 6.45) is 3.89. The van der Waals surface area contributed by atoms with E-state index in [2.05, 4.69) is 44.9 Å². The first-order valence-electron chi connectivity index (χ1n) is 8.74. The molecular weight excluding hydrogens is 316 g/mol. The summed E-state index contributed by atoms with van der Waals surface area (Å²) in [4.78, 5) is 8.45. The van der Waals surface area contributed by atoms with Gasteiger partial charge >= 0.3 is 0 Å². The third kappa shape index (κ3) is 6.82. The van der Waals surface area contributed by atoms with E-state index in [1.807, 2.05) is 24.3 Å². The van der Waals surface area contributed by atoms with Crippen molar-refractivity contribution in [3.8, 4) is 0 Å². The predicted octanol–water partition coefficient (Wildman–Crippen LogP) is 2.75. The lowest BCUT2D eigenvalue weighted by atomic mass is 10.1. The highest BCUT2D eigenvalue weighted by molar-refractivity contribution is 5.79. The third-order valence-corrected chi connectivity index (χ3v) is 3.69. The van der Waals surface area contributed by atoms with Gasteiger partial charge in [-0.15, -0.1) is 0 Å². The highest BCUT2D eigenvalue weighted by Gasteiger charge is 2.07. The first kappa shape index (κ1) is 18.8. The monoisotopic (exact) mass is 344 g/mol. The average Bonchev–Trinajstić information content (AvgIpc) is 3.11. The molecule has 2 aromatic rings. The first-order chi connectivity index (χ1) is 12.2. The molecule has 136 valence electrons. The van der Waals surface area contributed by atoms with Gasteiger partial charge in [-0.3, -0.25) is 4.99 Å². The number of rotatable bonds is 9. The fraction of sp³-hybridized carbons (Fsp3) is 0.500. The molecule has 0 aliphatic heterocycles. The van der Waals surface area contributed by atoms with E-state index < -0.39 is 0 Å². The fourth-order valence-electron chi connectivity index (χ4n) is 2.22. The van der Waals surface area contributed by atoms with Gasteiger partial charge in [0.1, 0.15) is 5.82 Å². The topological polar surface area (TPSA) is 87.4 Å². The Bertz CT molecular complexity index is 638. The number of aliphatic imine (C=N–C) groups is 1. The molecule has 0 bridgehead atoms. The molecule has 2 aromatic heterocycles. The molecule has 3 N–H and O–H groups in total. The quantitative estimate of drug-likeness (QED) is 0.368. The number of hydrogen-bond donors (Lipinski definition) is 3. The van der Waals surface area contributed by atoms with Crippen LogP contribution in [-0.2, 0) is 6.54 Å². The van der Waals surface area contributed by atoms with Crippen LogP contribution in [0.3, 0.4) is 0 Å². The summed E-state index contributed by atoms with van der Waals surface area (Å²) in [7, 11) is 1.76. The van der Waals surface area contributed by atoms with Gasteiger partial charge in [0.25, 0.3) is 0 Å². The van der Waals surface area contributed by atoms with Gasteiger partial charge in [-0.2, -0.15) is 0 Å². The standard InChI is InChI=1S/C18H28N6O/c1-14(2)16-12-15(25-24-16)13-23-18(19-3)22-11-7-6-10-21-17-8-4-5-9-20-17/h4-5,8-9,12,14H,6-7,10-11,13H2,1-3H3,(H,20,21)(H2,19,22,23). The number of hydrogen-bond acceptors (Lipinski definition) is 5. The van der Waals surface area contributed by atoms with Gasteiger partial charge in [-0.1, -0.05) is 25.1 Å². The Kier molecular flexibility index (Phi) is 7.75. The number of nitrogens with zero attached hydrogens (tertiary/aromatic N) is 3. The fourth-order valence-corrected chi connectivity index (χ4v) is 2.22. The van der Waals surface area contributed by atoms with Crippen molar-refractivity contribution in [1.29, 1.82) is 0 Å². The second-order valence-electron chi connectivity index (χ2n) is 6.07. The SMILES string of the molecule is CN=C(NCCCCNc1ccccn1)NCc1cc(C(C)C)no1. The maximum Gasteiger partial charge on any atom is 0.191 e. The minimum absolute atomic E-state index is 0.370. The normalized spacial score (nSPS) is 11.6. The Hall–Kier alpha value is -2.57. The van der Waals surface area contributed by atoms with Gasteiger partial charge in [0, 0.05) is 32.4 Å². The maximum atomic E-state index is 5.31. The number of guanidine groups is 1. The number of pyridine rings is 1. The third-order valence-electron chi connectivity index (χ3n) is 3.69. The molecule has 0 spiro atoms. The summed E-state index contributed by atoms with van der Waals surface area (Å²) in [6.45, 7) is 6.52. The van der Waals surface area contributed by atoms with E-state index in [4.69, 9.17) is 4.52 Å². The van der Waals surface area contributed by atoms with E-state index in [1.54, 1.807) is 13.2 Å². The lowest BCUT2D eigenvalue weighted by molar-refractivity contribution is 0.372. The second-order valence-corrected chi connectivity index (χ2v) is 6.07. The Morgan fingerprint density at radius 3 is 2.72 bits per heavy atom. The molecule has 0 unspecified atom stereocenters. The minimum atomic E-state index is 0.370. The molecule has 0 saturated heterocycles. The van der Waals surface area contributed by atoms with Crippen LogP contribution in [0.5, 0.6) is 0 Å². The van der Waals surface area contributed by atoms with Crippen LogP contribution in [-0.4, -0.2) is 36.2 Å². The summed E-state index contributed by atoms with van der Waals surface area (Å²) >= 11 is 0. The van der Waals surface area contributed by atoms with E-state index in [1.165, 1.54) is 0 Å². The number of unbranched alkanes of at least 4 members (excludes halogenated alkanes) is 1. The smallest absolute Gasteiger partial charge is 0.191 e. The maximum absolute atomic E-state index is 5.31. The lowest BCUT2D eigenvalue weighted by Crippen LogP contribution is -2.37. The van der Waals surface area contributed by atoms with Crippen LogP contribution in [0.2, 0.25) is 0 Å². The zero-order chi connectivity index (χ0) is 17.9. The van der Waals surface area contributed by atoms with Crippen molar-refractivity contribution in [3.05, 3.63) is 41.9 Å². The van der Waals surface area contributed by atoms with Crippen LogP contribution in [0, 0.1) is 0 Å². The molecule has 7 heteroatoms. The lowest BCUT2D eigenvalue weighted by Gasteiger charge is -2.11. The average molecular weight is 344 g/mol. The number of aromatic nitrogens is 2. The van der Waals surface area contributed by atoms with Crippen molar-refractivity contribution in [2.45, 2.75) is 39.2 Å². The van der Waals surface area contributed by atoms with Gasteiger partial charge in [-0.05, 0) is 30.9 Å². The van der Waals surface area contributed by atoms with E-state index >= 15 is 0 Å². The van der Waals surface area contributed by atoms with Crippen molar-refractivity contribution in [2.75, 3.05) is 25.5 Å². The molecular formula is C18H28N6O. The van der Waals surface area contributed by atoms with Crippen LogP contribution in [0.1, 0.15) is 44.1 Å². The minimum Gasteiger partial charge on any atom is -0.370 e. The zero-order valence-corrected chi connectivity index (χ0v) is 15.2. The molecule has 0 saturated carbocycles. The summed E-state index contributed by atoms with van der Waals surface area (Å²) in [5.74, 6) is 2.86. The van der Waals surface area contributed by atoms with Crippen molar-refractivity contribution in [1.82, 2.24) is 20.8 Å². The van der Waals surface area contributed by atoms with E-state index in [0.29, 0.717) is 12.5 Å². The zero-order valence-electron chi connectivity index (χ0n) is 15.2.